The van der Waals surface area contributed by atoms with Crippen LogP contribution in [0.15, 0.2) is 53.4 Å². The molecule has 0 aromatic heterocycles. The van der Waals surface area contributed by atoms with Gasteiger partial charge in [-0.1, -0.05) is 35.9 Å². The summed E-state index contributed by atoms with van der Waals surface area (Å²) in [7, 11) is -3.62. The van der Waals surface area contributed by atoms with Crippen LogP contribution >= 0.6 is 11.6 Å². The number of ether oxygens (including phenoxy) is 1. The second-order valence-electron chi connectivity index (χ2n) is 4.81. The molecule has 0 saturated carbocycles. The molecule has 0 bridgehead atoms. The van der Waals surface area contributed by atoms with E-state index in [0.717, 1.165) is 11.3 Å². The van der Waals surface area contributed by atoms with Crippen molar-refractivity contribution in [3.05, 3.63) is 59.1 Å². The Kier molecular flexibility index (Phi) is 3.89. The van der Waals surface area contributed by atoms with Gasteiger partial charge in [-0.05, 0) is 24.3 Å². The van der Waals surface area contributed by atoms with Crippen molar-refractivity contribution in [3.63, 3.8) is 0 Å². The smallest absolute Gasteiger partial charge is 0.241 e. The van der Waals surface area contributed by atoms with E-state index in [1.807, 2.05) is 24.3 Å². The van der Waals surface area contributed by atoms with E-state index in [0.29, 0.717) is 18.1 Å². The largest absolute Gasteiger partial charge is 0.493 e. The molecule has 0 spiro atoms. The van der Waals surface area contributed by atoms with Crippen LogP contribution in [-0.4, -0.2) is 15.0 Å². The van der Waals surface area contributed by atoms with Crippen molar-refractivity contribution < 1.29 is 13.2 Å². The highest BCUT2D eigenvalue weighted by Gasteiger charge is 2.26. The fourth-order valence-corrected chi connectivity index (χ4v) is 3.90. The van der Waals surface area contributed by atoms with Gasteiger partial charge in [-0.15, -0.1) is 0 Å². The lowest BCUT2D eigenvalue weighted by Gasteiger charge is -2.26. The second-order valence-corrected chi connectivity index (χ2v) is 6.96. The molecular formula is C15H14ClNO3S. The minimum atomic E-state index is -3.62. The van der Waals surface area contributed by atoms with Crippen molar-refractivity contribution in [2.75, 3.05) is 6.61 Å². The minimum absolute atomic E-state index is 0.166. The Balaban J connectivity index is 1.90. The summed E-state index contributed by atoms with van der Waals surface area (Å²) < 4.78 is 33.2. The van der Waals surface area contributed by atoms with Crippen molar-refractivity contribution in [1.82, 2.24) is 4.72 Å². The van der Waals surface area contributed by atoms with Gasteiger partial charge in [0.2, 0.25) is 10.0 Å². The number of nitrogens with one attached hydrogen (secondary N) is 1. The molecule has 1 aliphatic rings. The molecule has 3 rings (SSSR count). The van der Waals surface area contributed by atoms with Crippen LogP contribution in [0.25, 0.3) is 0 Å². The summed E-state index contributed by atoms with van der Waals surface area (Å²) in [5.41, 5.74) is 0.856. The van der Waals surface area contributed by atoms with E-state index < -0.39 is 10.0 Å². The molecule has 21 heavy (non-hydrogen) atoms. The standard InChI is InChI=1S/C15H14ClNO3S/c16-11-4-3-5-12(10-11)21(18,19)17-14-8-9-20-15-7-2-1-6-13(14)15/h1-7,10,14,17H,8-9H2. The summed E-state index contributed by atoms with van der Waals surface area (Å²) in [5, 5.41) is 0.394. The van der Waals surface area contributed by atoms with Gasteiger partial charge < -0.3 is 4.74 Å². The molecule has 0 radical (unpaired) electrons. The van der Waals surface area contributed by atoms with Crippen LogP contribution < -0.4 is 9.46 Å². The Morgan fingerprint density at radius 2 is 1.95 bits per heavy atom. The normalized spacial score (nSPS) is 17.9. The fraction of sp³-hybridized carbons (Fsp3) is 0.200. The summed E-state index contributed by atoms with van der Waals surface area (Å²) in [6, 6.07) is 13.4. The van der Waals surface area contributed by atoms with Gasteiger partial charge in [0.05, 0.1) is 17.5 Å². The lowest BCUT2D eigenvalue weighted by molar-refractivity contribution is 0.263. The summed E-state index contributed by atoms with van der Waals surface area (Å²) in [6.45, 7) is 0.486. The number of hydrogen-bond acceptors (Lipinski definition) is 3. The van der Waals surface area contributed by atoms with Gasteiger partial charge in [0.15, 0.2) is 0 Å². The van der Waals surface area contributed by atoms with E-state index in [1.165, 1.54) is 12.1 Å². The molecule has 2 aromatic carbocycles. The summed E-state index contributed by atoms with van der Waals surface area (Å²) in [6.07, 6.45) is 0.594. The van der Waals surface area contributed by atoms with Crippen molar-refractivity contribution >= 4 is 21.6 Å². The topological polar surface area (TPSA) is 55.4 Å². The van der Waals surface area contributed by atoms with Gasteiger partial charge in [-0.25, -0.2) is 13.1 Å². The van der Waals surface area contributed by atoms with Crippen molar-refractivity contribution in [2.24, 2.45) is 0 Å². The summed E-state index contributed by atoms with van der Waals surface area (Å²) >= 11 is 5.86. The van der Waals surface area contributed by atoms with E-state index in [4.69, 9.17) is 16.3 Å². The summed E-state index contributed by atoms with van der Waals surface area (Å²) in [4.78, 5) is 0.166. The van der Waals surface area contributed by atoms with E-state index in [2.05, 4.69) is 4.72 Å². The lowest BCUT2D eigenvalue weighted by Crippen LogP contribution is -2.32. The van der Waals surface area contributed by atoms with Crippen LogP contribution in [0.2, 0.25) is 5.02 Å². The minimum Gasteiger partial charge on any atom is -0.493 e. The molecule has 0 amide bonds. The number of sulfonamides is 1. The maximum Gasteiger partial charge on any atom is 0.241 e. The molecule has 2 aromatic rings. The highest BCUT2D eigenvalue weighted by Crippen LogP contribution is 2.32. The average Bonchev–Trinajstić information content (AvgIpc) is 2.47. The van der Waals surface area contributed by atoms with Crippen LogP contribution in [-0.2, 0) is 10.0 Å². The average molecular weight is 324 g/mol. The Hall–Kier alpha value is -1.56. The first-order valence-corrected chi connectivity index (χ1v) is 8.42. The molecule has 0 saturated heterocycles. The maximum atomic E-state index is 12.5. The molecule has 4 nitrogen and oxygen atoms in total. The van der Waals surface area contributed by atoms with Crippen LogP contribution in [0.3, 0.4) is 0 Å². The Morgan fingerprint density at radius 3 is 2.76 bits per heavy atom. The summed E-state index contributed by atoms with van der Waals surface area (Å²) in [5.74, 6) is 0.725. The lowest BCUT2D eigenvalue weighted by atomic mass is 10.0. The van der Waals surface area contributed by atoms with E-state index in [9.17, 15) is 8.42 Å². The van der Waals surface area contributed by atoms with Crippen LogP contribution in [0, 0.1) is 0 Å². The van der Waals surface area contributed by atoms with Gasteiger partial charge in [-0.3, -0.25) is 0 Å². The zero-order chi connectivity index (χ0) is 14.9. The predicted molar refractivity (Wildman–Crippen MR) is 81.1 cm³/mol. The van der Waals surface area contributed by atoms with Crippen molar-refractivity contribution in [2.45, 2.75) is 17.4 Å². The highest BCUT2D eigenvalue weighted by molar-refractivity contribution is 7.89. The Morgan fingerprint density at radius 1 is 1.14 bits per heavy atom. The molecule has 110 valence electrons. The van der Waals surface area contributed by atoms with Crippen molar-refractivity contribution in [1.29, 1.82) is 0 Å². The van der Waals surface area contributed by atoms with Crippen molar-refractivity contribution in [3.8, 4) is 5.75 Å². The molecule has 0 aliphatic carbocycles. The molecule has 0 fully saturated rings. The number of rotatable bonds is 3. The molecule has 1 unspecified atom stereocenters. The molecule has 1 N–H and O–H groups in total. The second kappa shape index (κ2) is 5.67. The third-order valence-electron chi connectivity index (χ3n) is 3.36. The Bertz CT molecular complexity index is 761. The number of para-hydroxylation sites is 1. The monoisotopic (exact) mass is 323 g/mol. The number of fused-ring (bicyclic) bond motifs is 1. The first-order chi connectivity index (χ1) is 10.1. The zero-order valence-corrected chi connectivity index (χ0v) is 12.7. The van der Waals surface area contributed by atoms with Crippen LogP contribution in [0.4, 0.5) is 0 Å². The molecule has 1 aliphatic heterocycles. The number of benzene rings is 2. The van der Waals surface area contributed by atoms with E-state index in [1.54, 1.807) is 12.1 Å². The predicted octanol–water partition coefficient (Wildman–Crippen LogP) is 3.14. The first kappa shape index (κ1) is 14.4. The zero-order valence-electron chi connectivity index (χ0n) is 11.1. The third-order valence-corrected chi connectivity index (χ3v) is 5.07. The van der Waals surface area contributed by atoms with Crippen LogP contribution in [0.1, 0.15) is 18.0 Å². The quantitative estimate of drug-likeness (QED) is 0.944. The molecule has 1 heterocycles. The molecule has 1 atom stereocenters. The third kappa shape index (κ3) is 3.05. The fourth-order valence-electron chi connectivity index (χ4n) is 2.35. The van der Waals surface area contributed by atoms with Crippen LogP contribution in [0.5, 0.6) is 5.75 Å². The maximum absolute atomic E-state index is 12.5. The van der Waals surface area contributed by atoms with Gasteiger partial charge in [-0.2, -0.15) is 0 Å². The molecule has 6 heteroatoms. The van der Waals surface area contributed by atoms with Gasteiger partial charge >= 0.3 is 0 Å². The SMILES string of the molecule is O=S(=O)(NC1CCOc2ccccc21)c1cccc(Cl)c1. The van der Waals surface area contributed by atoms with Gasteiger partial charge in [0, 0.05) is 17.0 Å². The van der Waals surface area contributed by atoms with Gasteiger partial charge in [0.1, 0.15) is 5.75 Å². The van der Waals surface area contributed by atoms with Gasteiger partial charge in [0.25, 0.3) is 0 Å². The van der Waals surface area contributed by atoms with E-state index >= 15 is 0 Å². The van der Waals surface area contributed by atoms with E-state index in [-0.39, 0.29) is 10.9 Å². The molecular weight excluding hydrogens is 310 g/mol. The Labute approximate surface area is 128 Å². The first-order valence-electron chi connectivity index (χ1n) is 6.56. The number of hydrogen-bond donors (Lipinski definition) is 1. The highest BCUT2D eigenvalue weighted by atomic mass is 35.5. The number of halogens is 1.